The zero-order valence-corrected chi connectivity index (χ0v) is 8.49. The third kappa shape index (κ3) is 1.55. The Hall–Kier alpha value is -1.22. The third-order valence-electron chi connectivity index (χ3n) is 2.68. The predicted octanol–water partition coefficient (Wildman–Crippen LogP) is 1.02. The summed E-state index contributed by atoms with van der Waals surface area (Å²) in [7, 11) is 1.70. The van der Waals surface area contributed by atoms with Crippen molar-refractivity contribution in [3.8, 4) is 5.75 Å². The van der Waals surface area contributed by atoms with Gasteiger partial charge in [0, 0.05) is 31.4 Å². The number of hydrogen-bond acceptors (Lipinski definition) is 3. The summed E-state index contributed by atoms with van der Waals surface area (Å²) >= 11 is 0. The van der Waals surface area contributed by atoms with Crippen LogP contribution in [0.1, 0.15) is 5.56 Å². The molecule has 3 nitrogen and oxygen atoms in total. The molecule has 0 saturated heterocycles. The van der Waals surface area contributed by atoms with Crippen molar-refractivity contribution in [2.45, 2.75) is 6.42 Å². The Balaban J connectivity index is 2.27. The van der Waals surface area contributed by atoms with Gasteiger partial charge in [-0.1, -0.05) is 6.07 Å². The number of anilines is 1. The van der Waals surface area contributed by atoms with Gasteiger partial charge in [-0.05, 0) is 18.1 Å². The predicted molar refractivity (Wildman–Crippen MR) is 58.0 cm³/mol. The molecule has 0 spiro atoms. The summed E-state index contributed by atoms with van der Waals surface area (Å²) in [6.45, 7) is 2.72. The molecule has 0 saturated carbocycles. The van der Waals surface area contributed by atoms with Crippen LogP contribution in [0.25, 0.3) is 0 Å². The lowest BCUT2D eigenvalue weighted by Crippen LogP contribution is -2.27. The Bertz CT molecular complexity index is 323. The van der Waals surface area contributed by atoms with Crippen LogP contribution in [0.2, 0.25) is 0 Å². The van der Waals surface area contributed by atoms with E-state index in [1.165, 1.54) is 11.3 Å². The second kappa shape index (κ2) is 3.88. The van der Waals surface area contributed by atoms with Crippen molar-refractivity contribution in [3.05, 3.63) is 23.8 Å². The Morgan fingerprint density at radius 2 is 2.36 bits per heavy atom. The first-order chi connectivity index (χ1) is 6.85. The van der Waals surface area contributed by atoms with E-state index in [1.54, 1.807) is 7.11 Å². The van der Waals surface area contributed by atoms with Crippen LogP contribution < -0.4 is 15.4 Å². The minimum atomic E-state index is 0.705. The average molecular weight is 192 g/mol. The molecule has 76 valence electrons. The van der Waals surface area contributed by atoms with Crippen LogP contribution in [-0.4, -0.2) is 26.7 Å². The van der Waals surface area contributed by atoms with Gasteiger partial charge in [0.1, 0.15) is 5.75 Å². The molecule has 14 heavy (non-hydrogen) atoms. The zero-order chi connectivity index (χ0) is 9.97. The number of fused-ring (bicyclic) bond motifs is 1. The molecule has 0 amide bonds. The average Bonchev–Trinajstić information content (AvgIpc) is 2.61. The van der Waals surface area contributed by atoms with Crippen molar-refractivity contribution in [1.29, 1.82) is 0 Å². The maximum Gasteiger partial charge on any atom is 0.120 e. The fraction of sp³-hybridized carbons (Fsp3) is 0.455. The lowest BCUT2D eigenvalue weighted by Gasteiger charge is -2.18. The molecule has 2 N–H and O–H groups in total. The minimum Gasteiger partial charge on any atom is -0.497 e. The van der Waals surface area contributed by atoms with Crippen LogP contribution in [0.3, 0.4) is 0 Å². The molecule has 0 aromatic heterocycles. The van der Waals surface area contributed by atoms with Crippen LogP contribution in [0, 0.1) is 0 Å². The number of nitrogens with zero attached hydrogens (tertiary/aromatic N) is 1. The normalized spacial score (nSPS) is 14.3. The smallest absolute Gasteiger partial charge is 0.120 e. The van der Waals surface area contributed by atoms with E-state index in [-0.39, 0.29) is 0 Å². The van der Waals surface area contributed by atoms with Gasteiger partial charge in [0.25, 0.3) is 0 Å². The van der Waals surface area contributed by atoms with Crippen LogP contribution >= 0.6 is 0 Å². The maximum atomic E-state index is 5.56. The van der Waals surface area contributed by atoms with Crippen LogP contribution in [0.4, 0.5) is 5.69 Å². The van der Waals surface area contributed by atoms with Crippen molar-refractivity contribution < 1.29 is 4.74 Å². The quantitative estimate of drug-likeness (QED) is 0.777. The molecule has 1 aromatic carbocycles. The summed E-state index contributed by atoms with van der Waals surface area (Å²) < 4.78 is 5.21. The molecule has 0 radical (unpaired) electrons. The Labute approximate surface area is 84.5 Å². The van der Waals surface area contributed by atoms with Gasteiger partial charge in [-0.2, -0.15) is 0 Å². The SMILES string of the molecule is COc1ccc2c(c1)N(CCN)CC2. The van der Waals surface area contributed by atoms with E-state index in [9.17, 15) is 0 Å². The number of hydrogen-bond donors (Lipinski definition) is 1. The van der Waals surface area contributed by atoms with Crippen molar-refractivity contribution in [1.82, 2.24) is 0 Å². The highest BCUT2D eigenvalue weighted by Gasteiger charge is 2.18. The molecule has 0 fully saturated rings. The van der Waals surface area contributed by atoms with Crippen molar-refractivity contribution in [2.75, 3.05) is 31.6 Å². The number of ether oxygens (including phenoxy) is 1. The van der Waals surface area contributed by atoms with Gasteiger partial charge in [-0.25, -0.2) is 0 Å². The lowest BCUT2D eigenvalue weighted by molar-refractivity contribution is 0.415. The Morgan fingerprint density at radius 1 is 1.50 bits per heavy atom. The largest absolute Gasteiger partial charge is 0.497 e. The molecule has 1 aromatic rings. The molecule has 1 aliphatic rings. The van der Waals surface area contributed by atoms with Crippen LogP contribution in [-0.2, 0) is 6.42 Å². The molecule has 3 heteroatoms. The molecule has 2 rings (SSSR count). The Morgan fingerprint density at radius 3 is 3.07 bits per heavy atom. The number of benzene rings is 1. The van der Waals surface area contributed by atoms with E-state index < -0.39 is 0 Å². The van der Waals surface area contributed by atoms with Gasteiger partial charge in [-0.15, -0.1) is 0 Å². The molecule has 1 aliphatic heterocycles. The van der Waals surface area contributed by atoms with Crippen LogP contribution in [0.15, 0.2) is 18.2 Å². The fourth-order valence-electron chi connectivity index (χ4n) is 1.94. The zero-order valence-electron chi connectivity index (χ0n) is 8.49. The highest BCUT2D eigenvalue weighted by atomic mass is 16.5. The van der Waals surface area contributed by atoms with E-state index in [4.69, 9.17) is 10.5 Å². The van der Waals surface area contributed by atoms with E-state index in [0.717, 1.165) is 25.3 Å². The number of nitrogens with two attached hydrogens (primary N) is 1. The standard InChI is InChI=1S/C11H16N2O/c1-14-10-3-2-9-4-6-13(7-5-12)11(9)8-10/h2-3,8H,4-7,12H2,1H3. The summed E-state index contributed by atoms with van der Waals surface area (Å²) in [6.07, 6.45) is 1.12. The van der Waals surface area contributed by atoms with Gasteiger partial charge in [-0.3, -0.25) is 0 Å². The summed E-state index contributed by atoms with van der Waals surface area (Å²) in [6, 6.07) is 6.26. The maximum absolute atomic E-state index is 5.56. The van der Waals surface area contributed by atoms with E-state index in [1.807, 2.05) is 6.07 Å². The Kier molecular flexibility index (Phi) is 2.59. The van der Waals surface area contributed by atoms with Gasteiger partial charge >= 0.3 is 0 Å². The summed E-state index contributed by atoms with van der Waals surface area (Å²) in [5.74, 6) is 0.924. The highest BCUT2D eigenvalue weighted by molar-refractivity contribution is 5.60. The van der Waals surface area contributed by atoms with Gasteiger partial charge < -0.3 is 15.4 Å². The van der Waals surface area contributed by atoms with Crippen molar-refractivity contribution in [2.24, 2.45) is 5.73 Å². The van der Waals surface area contributed by atoms with Crippen LogP contribution in [0.5, 0.6) is 5.75 Å². The lowest BCUT2D eigenvalue weighted by atomic mass is 10.1. The fourth-order valence-corrected chi connectivity index (χ4v) is 1.94. The van der Waals surface area contributed by atoms with Gasteiger partial charge in [0.15, 0.2) is 0 Å². The second-order valence-corrected chi connectivity index (χ2v) is 3.52. The topological polar surface area (TPSA) is 38.5 Å². The third-order valence-corrected chi connectivity index (χ3v) is 2.68. The number of methoxy groups -OCH3 is 1. The molecular weight excluding hydrogens is 176 g/mol. The van der Waals surface area contributed by atoms with Crippen molar-refractivity contribution >= 4 is 5.69 Å². The summed E-state index contributed by atoms with van der Waals surface area (Å²) in [4.78, 5) is 2.32. The van der Waals surface area contributed by atoms with E-state index >= 15 is 0 Å². The van der Waals surface area contributed by atoms with Crippen molar-refractivity contribution in [3.63, 3.8) is 0 Å². The number of rotatable bonds is 3. The molecule has 0 atom stereocenters. The molecular formula is C11H16N2O. The first-order valence-corrected chi connectivity index (χ1v) is 4.97. The first kappa shape index (κ1) is 9.34. The van der Waals surface area contributed by atoms with E-state index in [2.05, 4.69) is 17.0 Å². The molecule has 0 unspecified atom stereocenters. The summed E-state index contributed by atoms with van der Waals surface area (Å²) in [5, 5.41) is 0. The van der Waals surface area contributed by atoms with E-state index in [0.29, 0.717) is 6.54 Å². The second-order valence-electron chi connectivity index (χ2n) is 3.52. The summed E-state index contributed by atoms with van der Waals surface area (Å²) in [5.41, 5.74) is 8.25. The van der Waals surface area contributed by atoms with Gasteiger partial charge in [0.2, 0.25) is 0 Å². The highest BCUT2D eigenvalue weighted by Crippen LogP contribution is 2.31. The van der Waals surface area contributed by atoms with Gasteiger partial charge in [0.05, 0.1) is 7.11 Å². The minimum absolute atomic E-state index is 0.705. The monoisotopic (exact) mass is 192 g/mol. The molecule has 0 bridgehead atoms. The first-order valence-electron chi connectivity index (χ1n) is 4.97. The molecule has 1 heterocycles. The molecule has 0 aliphatic carbocycles.